The third kappa shape index (κ3) is 3.90. The number of nitrogen functional groups attached to an aromatic ring is 1. The van der Waals surface area contributed by atoms with Crippen LogP contribution in [0.25, 0.3) is 33.5 Å². The van der Waals surface area contributed by atoms with Gasteiger partial charge in [0.25, 0.3) is 0 Å². The molecule has 0 fully saturated rings. The molecular weight excluding hydrogens is 426 g/mol. The number of aromatic nitrogens is 4. The summed E-state index contributed by atoms with van der Waals surface area (Å²) in [5, 5.41) is 0. The number of nitrogens with zero attached hydrogens (tertiary/aromatic N) is 4. The second-order valence-corrected chi connectivity index (χ2v) is 8.38. The normalized spacial score (nSPS) is 11.4. The number of aryl methyl sites for hydroxylation is 1. The summed E-state index contributed by atoms with van der Waals surface area (Å²) in [5.74, 6) is 0.967. The lowest BCUT2D eigenvalue weighted by Crippen LogP contribution is -2.04. The molecule has 5 rings (SSSR count). The van der Waals surface area contributed by atoms with E-state index in [2.05, 4.69) is 40.7 Å². The lowest BCUT2D eigenvalue weighted by atomic mass is 10.1. The minimum Gasteiger partial charge on any atom is -0.465 e. The number of imidazole rings is 2. The van der Waals surface area contributed by atoms with Gasteiger partial charge in [-0.05, 0) is 48.4 Å². The maximum atomic E-state index is 12.0. The average molecular weight is 454 g/mol. The molecule has 0 unspecified atom stereocenters. The number of methoxy groups -OCH3 is 1. The Kier molecular flexibility index (Phi) is 5.76. The van der Waals surface area contributed by atoms with Gasteiger partial charge >= 0.3 is 5.97 Å². The first-order valence-electron chi connectivity index (χ1n) is 11.5. The fourth-order valence-electron chi connectivity index (χ4n) is 4.36. The largest absolute Gasteiger partial charge is 0.465 e. The third-order valence-corrected chi connectivity index (χ3v) is 6.12. The molecule has 2 heterocycles. The van der Waals surface area contributed by atoms with E-state index in [1.165, 1.54) is 12.7 Å². The van der Waals surface area contributed by atoms with E-state index in [1.807, 2.05) is 34.9 Å². The second kappa shape index (κ2) is 9.02. The maximum Gasteiger partial charge on any atom is 0.337 e. The smallest absolute Gasteiger partial charge is 0.337 e. The topological polar surface area (TPSA) is 88.0 Å². The summed E-state index contributed by atoms with van der Waals surface area (Å²) in [6.07, 6.45) is 2.09. The number of carbonyl (C=O) groups is 1. The molecule has 0 bridgehead atoms. The van der Waals surface area contributed by atoms with Crippen molar-refractivity contribution in [1.29, 1.82) is 0 Å². The van der Waals surface area contributed by atoms with E-state index < -0.39 is 0 Å². The van der Waals surface area contributed by atoms with Crippen LogP contribution in [-0.4, -0.2) is 32.2 Å². The molecule has 172 valence electrons. The third-order valence-electron chi connectivity index (χ3n) is 6.12. The lowest BCUT2D eigenvalue weighted by molar-refractivity contribution is 0.0601. The molecule has 0 spiro atoms. The highest BCUT2D eigenvalue weighted by atomic mass is 16.5. The number of hydrogen-bond donors (Lipinski definition) is 1. The molecule has 3 aromatic carbocycles. The minimum atomic E-state index is -0.368. The van der Waals surface area contributed by atoms with Crippen LogP contribution in [0.2, 0.25) is 0 Å². The maximum absolute atomic E-state index is 12.0. The molecule has 0 saturated carbocycles. The molecule has 0 saturated heterocycles. The zero-order chi connectivity index (χ0) is 23.7. The number of fused-ring (bicyclic) bond motifs is 2. The highest BCUT2D eigenvalue weighted by Crippen LogP contribution is 2.30. The highest BCUT2D eigenvalue weighted by Gasteiger charge is 2.17. The summed E-state index contributed by atoms with van der Waals surface area (Å²) in [5.41, 5.74) is 12.5. The first-order chi connectivity index (χ1) is 16.6. The first kappa shape index (κ1) is 21.7. The molecule has 2 aromatic heterocycles. The van der Waals surface area contributed by atoms with Gasteiger partial charge in [-0.25, -0.2) is 14.8 Å². The van der Waals surface area contributed by atoms with Crippen LogP contribution in [0.4, 0.5) is 5.95 Å². The average Bonchev–Trinajstić information content (AvgIpc) is 3.38. The van der Waals surface area contributed by atoms with Gasteiger partial charge in [0.15, 0.2) is 0 Å². The Morgan fingerprint density at radius 2 is 1.68 bits per heavy atom. The van der Waals surface area contributed by atoms with E-state index in [4.69, 9.17) is 15.5 Å². The molecule has 0 aliphatic rings. The Morgan fingerprint density at radius 3 is 2.44 bits per heavy atom. The van der Waals surface area contributed by atoms with E-state index in [-0.39, 0.29) is 5.97 Å². The van der Waals surface area contributed by atoms with Crippen molar-refractivity contribution in [3.63, 3.8) is 0 Å². The predicted octanol–water partition coefficient (Wildman–Crippen LogP) is 5.27. The summed E-state index contributed by atoms with van der Waals surface area (Å²) >= 11 is 0. The van der Waals surface area contributed by atoms with Gasteiger partial charge in [0.1, 0.15) is 5.82 Å². The SMILES string of the molecule is CCCCn1c(-c2ccc3c(c2)nc(N)n3Cc2ccccc2)nc2cc(C(=O)OC)ccc21. The number of anilines is 1. The summed E-state index contributed by atoms with van der Waals surface area (Å²) in [6, 6.07) is 21.9. The number of unbranched alkanes of at least 4 members (excludes halogenated alkanes) is 1. The van der Waals surface area contributed by atoms with Gasteiger partial charge < -0.3 is 19.6 Å². The monoisotopic (exact) mass is 453 g/mol. The quantitative estimate of drug-likeness (QED) is 0.339. The van der Waals surface area contributed by atoms with Crippen molar-refractivity contribution in [3.05, 3.63) is 77.9 Å². The Balaban J connectivity index is 1.60. The van der Waals surface area contributed by atoms with Crippen LogP contribution in [0.15, 0.2) is 66.7 Å². The minimum absolute atomic E-state index is 0.368. The van der Waals surface area contributed by atoms with Gasteiger partial charge in [-0.2, -0.15) is 0 Å². The van der Waals surface area contributed by atoms with Crippen molar-refractivity contribution in [2.45, 2.75) is 32.9 Å². The van der Waals surface area contributed by atoms with Crippen molar-refractivity contribution in [3.8, 4) is 11.4 Å². The zero-order valence-electron chi connectivity index (χ0n) is 19.4. The van der Waals surface area contributed by atoms with Gasteiger partial charge in [0, 0.05) is 12.1 Å². The fourth-order valence-corrected chi connectivity index (χ4v) is 4.36. The number of ether oxygens (including phenoxy) is 1. The van der Waals surface area contributed by atoms with Crippen LogP contribution < -0.4 is 5.73 Å². The Labute approximate surface area is 197 Å². The molecular formula is C27H27N5O2. The Morgan fingerprint density at radius 1 is 0.941 bits per heavy atom. The molecule has 0 aliphatic carbocycles. The summed E-state index contributed by atoms with van der Waals surface area (Å²) in [4.78, 5) is 21.6. The standard InChI is InChI=1S/C27H27N5O2/c1-3-4-14-31-23-13-11-20(26(33)34-2)16-21(23)29-25(31)19-10-12-24-22(15-19)30-27(28)32(24)17-18-8-6-5-7-9-18/h5-13,15-16H,3-4,14,17H2,1-2H3,(H2,28,30). The van der Waals surface area contributed by atoms with Gasteiger partial charge in [-0.15, -0.1) is 0 Å². The van der Waals surface area contributed by atoms with Crippen LogP contribution in [0.3, 0.4) is 0 Å². The van der Waals surface area contributed by atoms with E-state index in [0.717, 1.165) is 52.8 Å². The summed E-state index contributed by atoms with van der Waals surface area (Å²) in [6.45, 7) is 3.67. The van der Waals surface area contributed by atoms with Crippen LogP contribution >= 0.6 is 0 Å². The predicted molar refractivity (Wildman–Crippen MR) is 135 cm³/mol. The Bertz CT molecular complexity index is 1480. The van der Waals surface area contributed by atoms with E-state index in [0.29, 0.717) is 18.1 Å². The van der Waals surface area contributed by atoms with Gasteiger partial charge in [-0.1, -0.05) is 43.7 Å². The highest BCUT2D eigenvalue weighted by molar-refractivity contribution is 5.94. The molecule has 7 heteroatoms. The van der Waals surface area contributed by atoms with Crippen molar-refractivity contribution >= 4 is 34.0 Å². The molecule has 0 amide bonds. The molecule has 2 N–H and O–H groups in total. The number of carbonyl (C=O) groups excluding carboxylic acids is 1. The first-order valence-corrected chi connectivity index (χ1v) is 11.5. The van der Waals surface area contributed by atoms with Crippen LogP contribution in [0.1, 0.15) is 35.7 Å². The molecule has 7 nitrogen and oxygen atoms in total. The van der Waals surface area contributed by atoms with E-state index in [1.54, 1.807) is 12.1 Å². The fraction of sp³-hybridized carbons (Fsp3) is 0.222. The lowest BCUT2D eigenvalue weighted by Gasteiger charge is -2.10. The number of rotatable bonds is 7. The van der Waals surface area contributed by atoms with Gasteiger partial charge in [-0.3, -0.25) is 0 Å². The number of nitrogens with two attached hydrogens (primary N) is 1. The van der Waals surface area contributed by atoms with Crippen molar-refractivity contribution in [2.75, 3.05) is 12.8 Å². The van der Waals surface area contributed by atoms with Crippen LogP contribution in [0.5, 0.6) is 0 Å². The van der Waals surface area contributed by atoms with Crippen molar-refractivity contribution < 1.29 is 9.53 Å². The molecule has 0 aliphatic heterocycles. The van der Waals surface area contributed by atoms with Crippen molar-refractivity contribution in [2.24, 2.45) is 0 Å². The molecule has 0 atom stereocenters. The van der Waals surface area contributed by atoms with Crippen molar-refractivity contribution in [1.82, 2.24) is 19.1 Å². The number of esters is 1. The molecule has 5 aromatic rings. The second-order valence-electron chi connectivity index (χ2n) is 8.38. The van der Waals surface area contributed by atoms with E-state index >= 15 is 0 Å². The molecule has 0 radical (unpaired) electrons. The number of hydrogen-bond acceptors (Lipinski definition) is 5. The van der Waals surface area contributed by atoms with Gasteiger partial charge in [0.05, 0.1) is 41.3 Å². The van der Waals surface area contributed by atoms with E-state index in [9.17, 15) is 4.79 Å². The summed E-state index contributed by atoms with van der Waals surface area (Å²) in [7, 11) is 1.38. The Hall–Kier alpha value is -4.13. The van der Waals surface area contributed by atoms with Crippen LogP contribution in [0, 0.1) is 0 Å². The van der Waals surface area contributed by atoms with Crippen LogP contribution in [-0.2, 0) is 17.8 Å². The zero-order valence-corrected chi connectivity index (χ0v) is 19.4. The van der Waals surface area contributed by atoms with Gasteiger partial charge in [0.2, 0.25) is 5.95 Å². The number of benzene rings is 3. The molecule has 34 heavy (non-hydrogen) atoms. The summed E-state index contributed by atoms with van der Waals surface area (Å²) < 4.78 is 9.12.